The molecule has 4 fully saturated rings. The van der Waals surface area contributed by atoms with Crippen LogP contribution in [0.2, 0.25) is 0 Å². The summed E-state index contributed by atoms with van der Waals surface area (Å²) in [6.45, 7) is 6.03. The zero-order valence-electron chi connectivity index (χ0n) is 63.1. The number of aromatic hydroxyl groups is 1. The number of rotatable bonds is 35. The van der Waals surface area contributed by atoms with Crippen LogP contribution in [0.1, 0.15) is 80.5 Å². The summed E-state index contributed by atoms with van der Waals surface area (Å²) in [5.74, 6) is -3.05. The van der Waals surface area contributed by atoms with Crippen LogP contribution in [0.5, 0.6) is 5.75 Å². The van der Waals surface area contributed by atoms with Crippen LogP contribution < -0.4 is 5.32 Å². The van der Waals surface area contributed by atoms with Crippen LogP contribution in [-0.4, -0.2) is 181 Å². The Morgan fingerprint density at radius 1 is 0.354 bits per heavy atom. The fourth-order valence-corrected chi connectivity index (χ4v) is 13.7. The standard InChI is InChI=1S/C84H94Cl3NO25/c1-51-68(105-53(3)89)74(107-55(5)91)76(99-45-61-33-21-11-22-34-61)80(103-51)112-72-67(88-83(94)102-50-84(85,86)87)79(101-47-63-37-39-64(93)40-38-63)109-66(49-96-42-58-27-15-8-16-28-58)71(72)111-82-78(113-81-77(100-46-62-35-23-12-24-36-62)75(108-56(6)92)69(52(2)104-81)106-54(4)90)73(98-44-60-31-19-10-20-32-60)70(97-43-59-29-17-9-18-30-59)65(110-82)48-95-41-57-25-13-7-14-26-57/h7-40,51-52,65-82,93H,41-50H2,1-6H3,(H,88,94)/t51-,52-,65+,66-,67+,68+,69+,70-,71+,72+,73-,74+,75+,76-,77-,78+,79+,80-,81-,82-/m0/s1. The van der Waals surface area contributed by atoms with E-state index in [4.69, 9.17) is 125 Å². The van der Waals surface area contributed by atoms with Crippen molar-refractivity contribution in [3.05, 3.63) is 245 Å². The number of phenols is 1. The fraction of sp³-hybridized carbons (Fsp3) is 0.440. The third kappa shape index (κ3) is 25.6. The van der Waals surface area contributed by atoms with Gasteiger partial charge in [0.2, 0.25) is 3.79 Å². The highest BCUT2D eigenvalue weighted by Crippen LogP contribution is 2.41. The molecule has 0 radical (unpaired) electrons. The molecular formula is C84H94Cl3NO25. The number of halogens is 3. The molecule has 26 nitrogen and oxygen atoms in total. The second-order valence-electron chi connectivity index (χ2n) is 27.5. The van der Waals surface area contributed by atoms with Crippen LogP contribution in [0.4, 0.5) is 4.79 Å². The largest absolute Gasteiger partial charge is 0.508 e. The van der Waals surface area contributed by atoms with Gasteiger partial charge in [-0.3, -0.25) is 19.2 Å². The van der Waals surface area contributed by atoms with Crippen molar-refractivity contribution in [1.82, 2.24) is 5.32 Å². The zero-order chi connectivity index (χ0) is 79.8. The number of phenolic OH excluding ortho intramolecular Hbond substituents is 1. The Morgan fingerprint density at radius 2 is 0.673 bits per heavy atom. The minimum Gasteiger partial charge on any atom is -0.508 e. The maximum atomic E-state index is 14.9. The van der Waals surface area contributed by atoms with E-state index in [9.17, 15) is 29.1 Å². The Kier molecular flexibility index (Phi) is 32.2. The maximum absolute atomic E-state index is 14.9. The van der Waals surface area contributed by atoms with Gasteiger partial charge < -0.3 is 100 Å². The summed E-state index contributed by atoms with van der Waals surface area (Å²) >= 11 is 18.8. The topological polar surface area (TPSA) is 293 Å². The lowest BCUT2D eigenvalue weighted by molar-refractivity contribution is -0.400. The Balaban J connectivity index is 1.13. The number of hydrogen-bond acceptors (Lipinski definition) is 25. The van der Waals surface area contributed by atoms with Crippen LogP contribution >= 0.6 is 34.8 Å². The molecule has 29 heteroatoms. The Morgan fingerprint density at radius 3 is 1.07 bits per heavy atom. The highest BCUT2D eigenvalue weighted by Gasteiger charge is 2.60. The smallest absolute Gasteiger partial charge is 0.407 e. The normalized spacial score (nSPS) is 27.8. The third-order valence-electron chi connectivity index (χ3n) is 18.7. The predicted octanol–water partition coefficient (Wildman–Crippen LogP) is 12.0. The maximum Gasteiger partial charge on any atom is 0.407 e. The van der Waals surface area contributed by atoms with Crippen molar-refractivity contribution in [2.75, 3.05) is 19.8 Å². The quantitative estimate of drug-likeness (QED) is 0.0212. The molecule has 2 N–H and O–H groups in total. The van der Waals surface area contributed by atoms with Gasteiger partial charge in [0.15, 0.2) is 49.6 Å². The first-order valence-electron chi connectivity index (χ1n) is 37.1. The van der Waals surface area contributed by atoms with Gasteiger partial charge in [0.1, 0.15) is 73.3 Å². The van der Waals surface area contributed by atoms with Gasteiger partial charge in [-0.25, -0.2) is 4.79 Å². The van der Waals surface area contributed by atoms with Crippen LogP contribution in [0.15, 0.2) is 206 Å². The molecular weight excluding hydrogens is 1530 g/mol. The number of esters is 4. The molecule has 0 spiro atoms. The first-order chi connectivity index (χ1) is 54.6. The predicted molar refractivity (Wildman–Crippen MR) is 407 cm³/mol. The number of nitrogens with one attached hydrogen (secondary N) is 1. The summed E-state index contributed by atoms with van der Waals surface area (Å²) in [6.07, 6.45) is -28.9. The molecule has 4 heterocycles. The lowest BCUT2D eigenvalue weighted by atomic mass is 9.93. The zero-order valence-corrected chi connectivity index (χ0v) is 65.4. The molecule has 113 heavy (non-hydrogen) atoms. The molecule has 1 amide bonds. The van der Waals surface area contributed by atoms with Crippen LogP contribution in [0, 0.1) is 0 Å². The fourth-order valence-electron chi connectivity index (χ4n) is 13.6. The number of ether oxygens (including phenoxy) is 19. The van der Waals surface area contributed by atoms with E-state index in [2.05, 4.69) is 5.32 Å². The Bertz CT molecular complexity index is 4050. The summed E-state index contributed by atoms with van der Waals surface area (Å²) in [7, 11) is 0. The lowest BCUT2D eigenvalue weighted by Gasteiger charge is -2.52. The van der Waals surface area contributed by atoms with Gasteiger partial charge in [-0.05, 0) is 64.9 Å². The number of hydrogen-bond donors (Lipinski definition) is 2. The van der Waals surface area contributed by atoms with Crippen molar-refractivity contribution in [2.24, 2.45) is 0 Å². The molecule has 11 rings (SSSR count). The van der Waals surface area contributed by atoms with Crippen molar-refractivity contribution >= 4 is 64.8 Å². The molecule has 4 saturated heterocycles. The minimum atomic E-state index is -2.14. The molecule has 0 unspecified atom stereocenters. The van der Waals surface area contributed by atoms with E-state index in [1.54, 1.807) is 50.2 Å². The SMILES string of the molecule is CC(=O)O[C@H]1[C@H](OCc2ccccc2)[C@H](O[C@@H]2[C@@H](NC(=O)OCC(Cl)(Cl)Cl)[C@H](OCc3ccc(O)cc3)O[C@@H](COCc3ccccc3)[C@H]2O[C@@H]2O[C@H](COCc3ccccc3)[C@H](OCc3ccccc3)[C@H](OCc3ccccc3)[C@H]2O[C@@H]2O[C@@H](C)[C@@H](OC(C)=O)[C@@H](OC(C)=O)[C@@H]2OCc2ccccc2)O[C@@H](C)[C@H]1OC(C)=O. The molecule has 0 saturated carbocycles. The van der Waals surface area contributed by atoms with E-state index >= 15 is 0 Å². The number of carbonyl (C=O) groups excluding carboxylic acids is 5. The Labute approximate surface area is 670 Å². The molecule has 20 atom stereocenters. The van der Waals surface area contributed by atoms with Gasteiger partial charge >= 0.3 is 30.0 Å². The van der Waals surface area contributed by atoms with Crippen LogP contribution in [0.3, 0.4) is 0 Å². The highest BCUT2D eigenvalue weighted by atomic mass is 35.6. The summed E-state index contributed by atoms with van der Waals surface area (Å²) < 4.78 is 127. The average molecular weight is 1620 g/mol. The van der Waals surface area contributed by atoms with Crippen molar-refractivity contribution in [2.45, 2.75) is 214 Å². The van der Waals surface area contributed by atoms with Gasteiger partial charge in [0.25, 0.3) is 0 Å². The van der Waals surface area contributed by atoms with E-state index < -0.39 is 163 Å². The van der Waals surface area contributed by atoms with E-state index in [0.29, 0.717) is 22.3 Å². The van der Waals surface area contributed by atoms with E-state index in [-0.39, 0.29) is 65.2 Å². The number of alkyl carbamates (subject to hydrolysis) is 1. The second-order valence-corrected chi connectivity index (χ2v) is 30.0. The Hall–Kier alpha value is -8.20. The highest BCUT2D eigenvalue weighted by molar-refractivity contribution is 6.67. The van der Waals surface area contributed by atoms with E-state index in [1.165, 1.54) is 39.8 Å². The molecule has 0 bridgehead atoms. The van der Waals surface area contributed by atoms with Gasteiger partial charge in [-0.2, -0.15) is 0 Å². The summed E-state index contributed by atoms with van der Waals surface area (Å²) in [5.41, 5.74) is 4.92. The first-order valence-corrected chi connectivity index (χ1v) is 38.2. The molecule has 0 aliphatic carbocycles. The number of alkyl halides is 3. The van der Waals surface area contributed by atoms with E-state index in [0.717, 1.165) is 16.7 Å². The molecule has 0 aromatic heterocycles. The van der Waals surface area contributed by atoms with Crippen LogP contribution in [0.25, 0.3) is 0 Å². The van der Waals surface area contributed by atoms with Crippen molar-refractivity contribution < 1.29 is 119 Å². The third-order valence-corrected chi connectivity index (χ3v) is 19.0. The summed E-state index contributed by atoms with van der Waals surface area (Å²) in [4.78, 5) is 68.3. The summed E-state index contributed by atoms with van der Waals surface area (Å²) in [6, 6.07) is 60.1. The second kappa shape index (κ2) is 42.4. The van der Waals surface area contributed by atoms with Gasteiger partial charge in [0, 0.05) is 27.7 Å². The van der Waals surface area contributed by atoms with Crippen LogP contribution in [-0.2, 0) is 155 Å². The van der Waals surface area contributed by atoms with Gasteiger partial charge in [-0.1, -0.05) is 229 Å². The molecule has 4 aliphatic rings. The van der Waals surface area contributed by atoms with Gasteiger partial charge in [-0.15, -0.1) is 0 Å². The summed E-state index contributed by atoms with van der Waals surface area (Å²) in [5, 5.41) is 13.3. The van der Waals surface area contributed by atoms with Gasteiger partial charge in [0.05, 0.1) is 71.7 Å². The average Bonchev–Trinajstić information content (AvgIpc) is 0.755. The number of carbonyl (C=O) groups is 5. The molecule has 7 aromatic rings. The molecule has 4 aliphatic heterocycles. The van der Waals surface area contributed by atoms with E-state index in [1.807, 2.05) is 158 Å². The molecule has 606 valence electrons. The van der Waals surface area contributed by atoms with Crippen molar-refractivity contribution in [3.63, 3.8) is 0 Å². The lowest BCUT2D eigenvalue weighted by Crippen LogP contribution is -2.71. The first kappa shape index (κ1) is 85.7. The number of benzene rings is 7. The monoisotopic (exact) mass is 1620 g/mol. The van der Waals surface area contributed by atoms with Crippen molar-refractivity contribution in [1.29, 1.82) is 0 Å². The van der Waals surface area contributed by atoms with Crippen molar-refractivity contribution in [3.8, 4) is 5.75 Å². The number of amides is 1. The minimum absolute atomic E-state index is 0.00893. The molecule has 7 aromatic carbocycles.